The fourth-order valence-corrected chi connectivity index (χ4v) is 6.54. The molecular formula is C32H40F3N3O6. The molecule has 0 radical (unpaired) electrons. The summed E-state index contributed by atoms with van der Waals surface area (Å²) in [6, 6.07) is 18.3. The van der Waals surface area contributed by atoms with Crippen LogP contribution >= 0.6 is 0 Å². The van der Waals surface area contributed by atoms with Gasteiger partial charge in [-0.2, -0.15) is 13.2 Å². The lowest BCUT2D eigenvalue weighted by Gasteiger charge is -2.52. The number of hydrogen-bond acceptors (Lipinski definition) is 6. The van der Waals surface area contributed by atoms with Gasteiger partial charge in [-0.05, 0) is 24.0 Å². The van der Waals surface area contributed by atoms with Crippen LogP contribution in [0.5, 0.6) is 0 Å². The summed E-state index contributed by atoms with van der Waals surface area (Å²) in [5, 5.41) is 26.8. The fourth-order valence-electron chi connectivity index (χ4n) is 6.54. The summed E-state index contributed by atoms with van der Waals surface area (Å²) in [6.45, 7) is 4.21. The Bertz CT molecular complexity index is 1210. The van der Waals surface area contributed by atoms with Gasteiger partial charge < -0.3 is 34.9 Å². The summed E-state index contributed by atoms with van der Waals surface area (Å²) in [7, 11) is 0. The van der Waals surface area contributed by atoms with Gasteiger partial charge in [0, 0.05) is 24.8 Å². The van der Waals surface area contributed by atoms with Gasteiger partial charge in [0.05, 0.1) is 26.2 Å². The number of carboxylic acid groups (broad SMARTS) is 1. The van der Waals surface area contributed by atoms with Gasteiger partial charge in [0.25, 0.3) is 0 Å². The van der Waals surface area contributed by atoms with E-state index in [-0.39, 0.29) is 12.1 Å². The van der Waals surface area contributed by atoms with Crippen LogP contribution in [-0.4, -0.2) is 78.6 Å². The molecular weight excluding hydrogens is 579 g/mol. The number of halogens is 3. The number of esters is 1. The zero-order valence-corrected chi connectivity index (χ0v) is 24.6. The first-order chi connectivity index (χ1) is 20.9. The standard InChI is InChI=1S/C30H39N3O4.C2HF3O2/c34-28(30(36,24-10-4-1-5-11-24)25-12-6-2-7-13-25)37-27-22-33(19-16-23(27)17-20-33)21-18-31-29(35)32-26-14-8-3-9-15-26;3-2(4,5)1(6)7/h1-2,4-7,10-13,23,26-27,36H,3,8-9,14-22H2,(H-,31,32,35);(H,6,7)/t23?,27-,33?;/m0./s1. The van der Waals surface area contributed by atoms with Crippen LogP contribution in [0.25, 0.3) is 0 Å². The molecule has 2 bridgehead atoms. The maximum atomic E-state index is 13.7. The highest BCUT2D eigenvalue weighted by Gasteiger charge is 2.50. The first-order valence-corrected chi connectivity index (χ1v) is 15.1. The third-order valence-electron chi connectivity index (χ3n) is 9.02. The molecule has 3 heterocycles. The maximum absolute atomic E-state index is 13.7. The third kappa shape index (κ3) is 8.29. The zero-order chi connectivity index (χ0) is 31.8. The van der Waals surface area contributed by atoms with Crippen molar-refractivity contribution in [2.24, 2.45) is 5.92 Å². The second kappa shape index (κ2) is 14.4. The number of nitrogens with one attached hydrogen (secondary N) is 2. The number of nitrogens with zero attached hydrogens (tertiary/aromatic N) is 1. The van der Waals surface area contributed by atoms with Gasteiger partial charge in [0.1, 0.15) is 12.5 Å². The van der Waals surface area contributed by atoms with Crippen molar-refractivity contribution < 1.29 is 47.0 Å². The number of aliphatic hydroxyl groups is 1. The average Bonchev–Trinajstić information content (AvgIpc) is 3.02. The van der Waals surface area contributed by atoms with Crippen molar-refractivity contribution >= 4 is 18.0 Å². The van der Waals surface area contributed by atoms with Crippen molar-refractivity contribution in [2.45, 2.75) is 68.9 Å². The number of hydrogen-bond donors (Lipinski definition) is 3. The number of rotatable bonds is 8. The minimum Gasteiger partial charge on any atom is -0.542 e. The van der Waals surface area contributed by atoms with Crippen LogP contribution in [0.4, 0.5) is 18.0 Å². The maximum Gasteiger partial charge on any atom is 0.430 e. The molecule has 12 heteroatoms. The van der Waals surface area contributed by atoms with Crippen LogP contribution in [0.2, 0.25) is 0 Å². The second-order valence-corrected chi connectivity index (χ2v) is 11.9. The molecule has 44 heavy (non-hydrogen) atoms. The van der Waals surface area contributed by atoms with E-state index in [1.54, 1.807) is 24.3 Å². The second-order valence-electron chi connectivity index (χ2n) is 11.9. The number of piperidine rings is 3. The van der Waals surface area contributed by atoms with Crippen molar-refractivity contribution in [3.05, 3.63) is 71.8 Å². The number of benzene rings is 2. The van der Waals surface area contributed by atoms with E-state index in [9.17, 15) is 27.9 Å². The van der Waals surface area contributed by atoms with E-state index >= 15 is 0 Å². The van der Waals surface area contributed by atoms with Crippen LogP contribution in [-0.2, 0) is 19.9 Å². The van der Waals surface area contributed by atoms with E-state index in [4.69, 9.17) is 14.6 Å². The first kappa shape index (κ1) is 33.3. The van der Waals surface area contributed by atoms with Crippen LogP contribution in [0.15, 0.2) is 60.7 Å². The molecule has 0 unspecified atom stereocenters. The summed E-state index contributed by atoms with van der Waals surface area (Å²) >= 11 is 0. The predicted molar refractivity (Wildman–Crippen MR) is 153 cm³/mol. The number of alkyl halides is 3. The van der Waals surface area contributed by atoms with E-state index in [1.165, 1.54) is 19.3 Å². The largest absolute Gasteiger partial charge is 0.542 e. The van der Waals surface area contributed by atoms with Gasteiger partial charge in [-0.1, -0.05) is 79.9 Å². The number of carbonyl (C=O) groups excluding carboxylic acids is 3. The van der Waals surface area contributed by atoms with Gasteiger partial charge in [-0.15, -0.1) is 0 Å². The molecule has 9 nitrogen and oxygen atoms in total. The summed E-state index contributed by atoms with van der Waals surface area (Å²) < 4.78 is 38.5. The average molecular weight is 620 g/mol. The lowest BCUT2D eigenvalue weighted by molar-refractivity contribution is -0.945. The number of aliphatic carboxylic acids is 1. The van der Waals surface area contributed by atoms with Gasteiger partial charge in [0.15, 0.2) is 6.10 Å². The van der Waals surface area contributed by atoms with Crippen molar-refractivity contribution in [2.75, 3.05) is 32.7 Å². The summed E-state index contributed by atoms with van der Waals surface area (Å²) in [4.78, 5) is 34.9. The van der Waals surface area contributed by atoms with Gasteiger partial charge in [-0.25, -0.2) is 9.59 Å². The quantitative estimate of drug-likeness (QED) is 0.308. The Morgan fingerprint density at radius 2 is 1.41 bits per heavy atom. The molecule has 1 atom stereocenters. The normalized spacial score (nSPS) is 23.5. The van der Waals surface area contributed by atoms with Crippen LogP contribution in [0.3, 0.4) is 0 Å². The number of quaternary nitrogens is 1. The molecule has 1 saturated carbocycles. The molecule has 2 amide bonds. The molecule has 2 aromatic carbocycles. The van der Waals surface area contributed by atoms with Gasteiger partial charge >= 0.3 is 18.2 Å². The number of ether oxygens (including phenoxy) is 1. The fraction of sp³-hybridized carbons (Fsp3) is 0.531. The molecule has 2 aromatic rings. The Labute approximate surface area is 255 Å². The Kier molecular flexibility index (Phi) is 10.9. The highest BCUT2D eigenvalue weighted by Crippen LogP contribution is 2.38. The van der Waals surface area contributed by atoms with Crippen molar-refractivity contribution in [1.29, 1.82) is 0 Å². The molecule has 1 aliphatic carbocycles. The number of carbonyl (C=O) groups is 3. The van der Waals surface area contributed by atoms with Crippen molar-refractivity contribution in [3.63, 3.8) is 0 Å². The highest BCUT2D eigenvalue weighted by atomic mass is 19.4. The Morgan fingerprint density at radius 1 is 0.886 bits per heavy atom. The summed E-state index contributed by atoms with van der Waals surface area (Å²) in [5.74, 6) is -3.32. The molecule has 6 rings (SSSR count). The van der Waals surface area contributed by atoms with Crippen LogP contribution < -0.4 is 15.7 Å². The first-order valence-electron chi connectivity index (χ1n) is 15.1. The monoisotopic (exact) mass is 619 g/mol. The zero-order valence-electron chi connectivity index (χ0n) is 24.6. The molecule has 0 spiro atoms. The highest BCUT2D eigenvalue weighted by molar-refractivity contribution is 5.85. The lowest BCUT2D eigenvalue weighted by Crippen LogP contribution is -2.66. The Balaban J connectivity index is 0.000000566. The number of fused-ring (bicyclic) bond motifs is 3. The molecule has 3 aliphatic heterocycles. The molecule has 240 valence electrons. The van der Waals surface area contributed by atoms with Gasteiger partial charge in [-0.3, -0.25) is 0 Å². The molecule has 0 aromatic heterocycles. The minimum atomic E-state index is -5.19. The number of amides is 2. The Morgan fingerprint density at radius 3 is 1.91 bits per heavy atom. The summed E-state index contributed by atoms with van der Waals surface area (Å²) in [5.41, 5.74) is -0.855. The van der Waals surface area contributed by atoms with E-state index in [1.807, 2.05) is 36.4 Å². The molecule has 3 saturated heterocycles. The molecule has 4 fully saturated rings. The van der Waals surface area contributed by atoms with Crippen molar-refractivity contribution in [3.8, 4) is 0 Å². The smallest absolute Gasteiger partial charge is 0.430 e. The van der Waals surface area contributed by atoms with Gasteiger partial charge in [0.2, 0.25) is 5.60 Å². The number of urea groups is 1. The SMILES string of the molecule is O=C(NCC[N+]12CCC(CC1)[C@@H](OC(=O)C(O)(c1ccccc1)c1ccccc1)C2)NC1CCCCC1.O=C([O-])C(F)(F)F. The minimum absolute atomic E-state index is 0.0734. The molecule has 4 aliphatic rings. The Hall–Kier alpha value is -3.64. The van der Waals surface area contributed by atoms with E-state index in [2.05, 4.69) is 10.6 Å². The lowest BCUT2D eigenvalue weighted by atomic mass is 9.82. The van der Waals surface area contributed by atoms with Crippen molar-refractivity contribution in [1.82, 2.24) is 10.6 Å². The summed E-state index contributed by atoms with van der Waals surface area (Å²) in [6.07, 6.45) is 2.32. The van der Waals surface area contributed by atoms with E-state index in [0.29, 0.717) is 29.6 Å². The van der Waals surface area contributed by atoms with Crippen LogP contribution in [0, 0.1) is 5.92 Å². The van der Waals surface area contributed by atoms with E-state index < -0.39 is 23.7 Å². The third-order valence-corrected chi connectivity index (χ3v) is 9.02. The topological polar surface area (TPSA) is 128 Å². The number of carboxylic acids is 1. The predicted octanol–water partition coefficient (Wildman–Crippen LogP) is 3.01. The van der Waals surface area contributed by atoms with Crippen LogP contribution in [0.1, 0.15) is 56.1 Å². The van der Waals surface area contributed by atoms with E-state index in [0.717, 1.165) is 56.3 Å². The molecule has 3 N–H and O–H groups in total.